The van der Waals surface area contributed by atoms with Gasteiger partial charge in [-0.05, 0) is 35.7 Å². The minimum Gasteiger partial charge on any atom is -0.166 e. The van der Waals surface area contributed by atoms with Crippen molar-refractivity contribution >= 4 is 11.6 Å². The highest BCUT2D eigenvalue weighted by atomic mass is 35.5. The Balaban J connectivity index is 2.27. The molecule has 100 valence electrons. The Kier molecular flexibility index (Phi) is 3.85. The van der Waals surface area contributed by atoms with E-state index in [4.69, 9.17) is 11.6 Å². The van der Waals surface area contributed by atoms with Crippen LogP contribution in [0, 0.1) is 0 Å². The molecule has 0 amide bonds. The monoisotopic (exact) mass is 284 g/mol. The second kappa shape index (κ2) is 5.25. The number of benzene rings is 2. The summed E-state index contributed by atoms with van der Waals surface area (Å²) in [5.41, 5.74) is 1.97. The van der Waals surface area contributed by atoms with Crippen LogP contribution in [0.25, 0.3) is 11.1 Å². The van der Waals surface area contributed by atoms with Gasteiger partial charge in [-0.3, -0.25) is 0 Å². The molecule has 0 aliphatic heterocycles. The molecule has 0 aromatic heterocycles. The van der Waals surface area contributed by atoms with E-state index in [0.717, 1.165) is 28.8 Å². The Morgan fingerprint density at radius 3 is 1.63 bits per heavy atom. The maximum atomic E-state index is 12.4. The molecule has 1 atom stereocenters. The van der Waals surface area contributed by atoms with Crippen molar-refractivity contribution in [1.82, 2.24) is 0 Å². The summed E-state index contributed by atoms with van der Waals surface area (Å²) in [7, 11) is 0. The highest BCUT2D eigenvalue weighted by Gasteiger charge is 2.29. The molecule has 2 aromatic rings. The molecule has 0 heterocycles. The van der Waals surface area contributed by atoms with E-state index in [0.29, 0.717) is 0 Å². The summed E-state index contributed by atoms with van der Waals surface area (Å²) in [6.07, 6.45) is -4.30. The Bertz CT molecular complexity index is 539. The summed E-state index contributed by atoms with van der Waals surface area (Å²) in [6, 6.07) is 12.6. The average Bonchev–Trinajstić information content (AvgIpc) is 2.38. The van der Waals surface area contributed by atoms with Gasteiger partial charge in [0.15, 0.2) is 0 Å². The maximum Gasteiger partial charge on any atom is 0.416 e. The first-order valence-electron chi connectivity index (χ1n) is 5.79. The highest BCUT2D eigenvalue weighted by Crippen LogP contribution is 2.31. The van der Waals surface area contributed by atoms with Gasteiger partial charge in [0.05, 0.1) is 10.9 Å². The van der Waals surface area contributed by atoms with Gasteiger partial charge in [-0.25, -0.2) is 0 Å². The zero-order valence-electron chi connectivity index (χ0n) is 10.2. The van der Waals surface area contributed by atoms with Crippen LogP contribution in [0.4, 0.5) is 13.2 Å². The summed E-state index contributed by atoms with van der Waals surface area (Å²) in [4.78, 5) is 0. The summed E-state index contributed by atoms with van der Waals surface area (Å²) in [5, 5.41) is -0.0818. The van der Waals surface area contributed by atoms with Crippen molar-refractivity contribution in [2.75, 3.05) is 0 Å². The molecule has 1 unspecified atom stereocenters. The Hall–Kier alpha value is -1.48. The minimum atomic E-state index is -4.30. The first kappa shape index (κ1) is 13.9. The van der Waals surface area contributed by atoms with E-state index in [2.05, 4.69) is 0 Å². The van der Waals surface area contributed by atoms with Crippen LogP contribution in [0.15, 0.2) is 48.5 Å². The number of alkyl halides is 4. The molecule has 0 nitrogen and oxygen atoms in total. The Morgan fingerprint density at radius 1 is 0.842 bits per heavy atom. The van der Waals surface area contributed by atoms with Crippen molar-refractivity contribution in [2.24, 2.45) is 0 Å². The average molecular weight is 285 g/mol. The molecule has 0 saturated carbocycles. The molecular formula is C15H12ClF3. The highest BCUT2D eigenvalue weighted by molar-refractivity contribution is 6.20. The van der Waals surface area contributed by atoms with Gasteiger partial charge in [0.1, 0.15) is 0 Å². The molecule has 2 rings (SSSR count). The predicted octanol–water partition coefficient (Wildman–Crippen LogP) is 5.67. The van der Waals surface area contributed by atoms with Crippen LogP contribution >= 0.6 is 11.6 Å². The van der Waals surface area contributed by atoms with Gasteiger partial charge in [-0.1, -0.05) is 36.4 Å². The number of hydrogen-bond donors (Lipinski definition) is 0. The molecule has 0 bridgehead atoms. The van der Waals surface area contributed by atoms with Crippen LogP contribution in [-0.2, 0) is 6.18 Å². The molecule has 0 aliphatic carbocycles. The van der Waals surface area contributed by atoms with E-state index < -0.39 is 11.7 Å². The molecule has 0 spiro atoms. The Morgan fingerprint density at radius 2 is 1.26 bits per heavy atom. The lowest BCUT2D eigenvalue weighted by Gasteiger charge is -2.09. The topological polar surface area (TPSA) is 0 Å². The van der Waals surface area contributed by atoms with Crippen molar-refractivity contribution in [1.29, 1.82) is 0 Å². The second-order valence-electron chi connectivity index (χ2n) is 4.31. The molecular weight excluding hydrogens is 273 g/mol. The van der Waals surface area contributed by atoms with Crippen LogP contribution in [-0.4, -0.2) is 0 Å². The third-order valence-electron chi connectivity index (χ3n) is 2.92. The molecule has 0 aliphatic rings. The lowest BCUT2D eigenvalue weighted by molar-refractivity contribution is -0.137. The number of rotatable bonds is 2. The smallest absolute Gasteiger partial charge is 0.166 e. The second-order valence-corrected chi connectivity index (χ2v) is 4.97. The lowest BCUT2D eigenvalue weighted by atomic mass is 10.0. The van der Waals surface area contributed by atoms with Crippen LogP contribution < -0.4 is 0 Å². The molecule has 0 saturated heterocycles. The van der Waals surface area contributed by atoms with Crippen LogP contribution in [0.5, 0.6) is 0 Å². The van der Waals surface area contributed by atoms with Gasteiger partial charge in [0.2, 0.25) is 0 Å². The van der Waals surface area contributed by atoms with E-state index in [1.807, 2.05) is 31.2 Å². The largest absolute Gasteiger partial charge is 0.416 e. The molecule has 0 radical (unpaired) electrons. The Labute approximate surface area is 114 Å². The van der Waals surface area contributed by atoms with Crippen LogP contribution in [0.3, 0.4) is 0 Å². The van der Waals surface area contributed by atoms with Gasteiger partial charge in [-0.2, -0.15) is 13.2 Å². The van der Waals surface area contributed by atoms with Gasteiger partial charge in [0.25, 0.3) is 0 Å². The van der Waals surface area contributed by atoms with E-state index in [-0.39, 0.29) is 5.38 Å². The number of hydrogen-bond acceptors (Lipinski definition) is 0. The van der Waals surface area contributed by atoms with E-state index >= 15 is 0 Å². The minimum absolute atomic E-state index is 0.0818. The van der Waals surface area contributed by atoms with E-state index in [1.54, 1.807) is 0 Å². The molecule has 4 heteroatoms. The van der Waals surface area contributed by atoms with Crippen molar-refractivity contribution in [3.63, 3.8) is 0 Å². The fraction of sp³-hybridized carbons (Fsp3) is 0.200. The molecule has 2 aromatic carbocycles. The van der Waals surface area contributed by atoms with Gasteiger partial charge in [0, 0.05) is 0 Å². The third-order valence-corrected chi connectivity index (χ3v) is 3.17. The van der Waals surface area contributed by atoms with Crippen molar-refractivity contribution in [2.45, 2.75) is 18.5 Å². The fourth-order valence-electron chi connectivity index (χ4n) is 1.79. The van der Waals surface area contributed by atoms with Crippen LogP contribution in [0.2, 0.25) is 0 Å². The number of halogens is 4. The van der Waals surface area contributed by atoms with Crippen LogP contribution in [0.1, 0.15) is 23.4 Å². The SMILES string of the molecule is CC(Cl)c1ccc(-c2ccc(C(F)(F)F)cc2)cc1. The zero-order chi connectivity index (χ0) is 14.0. The standard InChI is InChI=1S/C15H12ClF3/c1-10(16)11-2-4-12(5-3-11)13-6-8-14(9-7-13)15(17,18)19/h2-10H,1H3. The first-order chi connectivity index (χ1) is 8.88. The third kappa shape index (κ3) is 3.29. The van der Waals surface area contributed by atoms with Gasteiger partial charge < -0.3 is 0 Å². The first-order valence-corrected chi connectivity index (χ1v) is 6.23. The summed E-state index contributed by atoms with van der Waals surface area (Å²) in [6.45, 7) is 1.87. The van der Waals surface area contributed by atoms with Crippen molar-refractivity contribution in [3.8, 4) is 11.1 Å². The summed E-state index contributed by atoms with van der Waals surface area (Å²) >= 11 is 5.95. The van der Waals surface area contributed by atoms with Gasteiger partial charge >= 0.3 is 6.18 Å². The normalized spacial score (nSPS) is 13.3. The maximum absolute atomic E-state index is 12.4. The van der Waals surface area contributed by atoms with Gasteiger partial charge in [-0.15, -0.1) is 11.6 Å². The fourth-order valence-corrected chi connectivity index (χ4v) is 1.94. The summed E-state index contributed by atoms with van der Waals surface area (Å²) in [5.74, 6) is 0. The van der Waals surface area contributed by atoms with E-state index in [1.165, 1.54) is 12.1 Å². The van der Waals surface area contributed by atoms with Crippen molar-refractivity contribution < 1.29 is 13.2 Å². The summed E-state index contributed by atoms with van der Waals surface area (Å²) < 4.78 is 37.3. The van der Waals surface area contributed by atoms with E-state index in [9.17, 15) is 13.2 Å². The lowest BCUT2D eigenvalue weighted by Crippen LogP contribution is -2.03. The van der Waals surface area contributed by atoms with Crippen molar-refractivity contribution in [3.05, 3.63) is 59.7 Å². The molecule has 0 N–H and O–H groups in total. The zero-order valence-corrected chi connectivity index (χ0v) is 11.0. The quantitative estimate of drug-likeness (QED) is 0.623. The molecule has 19 heavy (non-hydrogen) atoms. The molecule has 0 fully saturated rings. The predicted molar refractivity (Wildman–Crippen MR) is 71.1 cm³/mol.